The van der Waals surface area contributed by atoms with Crippen molar-refractivity contribution in [3.63, 3.8) is 0 Å². The molecule has 3 rings (SSSR count). The van der Waals surface area contributed by atoms with Crippen molar-refractivity contribution in [1.29, 1.82) is 0 Å². The predicted molar refractivity (Wildman–Crippen MR) is 103 cm³/mol. The molecule has 0 fully saturated rings. The summed E-state index contributed by atoms with van der Waals surface area (Å²) in [6.45, 7) is 2.03. The minimum Gasteiger partial charge on any atom is -0.497 e. The molecule has 1 N–H and O–H groups in total. The number of anilines is 1. The summed E-state index contributed by atoms with van der Waals surface area (Å²) in [4.78, 5) is 12.2. The highest BCUT2D eigenvalue weighted by atomic mass is 16.5. The van der Waals surface area contributed by atoms with E-state index in [1.54, 1.807) is 7.11 Å². The van der Waals surface area contributed by atoms with Crippen LogP contribution in [0.25, 0.3) is 0 Å². The maximum Gasteiger partial charge on any atom is 0.228 e. The molecule has 0 unspecified atom stereocenters. The van der Waals surface area contributed by atoms with Crippen molar-refractivity contribution in [2.24, 2.45) is 0 Å². The van der Waals surface area contributed by atoms with Crippen LogP contribution in [-0.4, -0.2) is 13.0 Å². The molecule has 132 valence electrons. The summed E-state index contributed by atoms with van der Waals surface area (Å²) < 4.78 is 11.0. The van der Waals surface area contributed by atoms with Gasteiger partial charge in [0.25, 0.3) is 0 Å². The van der Waals surface area contributed by atoms with Gasteiger partial charge in [-0.15, -0.1) is 0 Å². The van der Waals surface area contributed by atoms with E-state index < -0.39 is 0 Å². The quantitative estimate of drug-likeness (QED) is 0.684. The number of rotatable bonds is 6. The van der Waals surface area contributed by atoms with Crippen molar-refractivity contribution in [1.82, 2.24) is 0 Å². The molecule has 0 aromatic heterocycles. The number of carbonyl (C=O) groups excluding carboxylic acids is 1. The van der Waals surface area contributed by atoms with Gasteiger partial charge in [-0.3, -0.25) is 4.79 Å². The largest absolute Gasteiger partial charge is 0.497 e. The SMILES string of the molecule is COc1cccc(CC(=O)Nc2ccc(Oc3ccc(C)cc3)cc2)c1. The maximum atomic E-state index is 12.2. The van der Waals surface area contributed by atoms with E-state index in [4.69, 9.17) is 9.47 Å². The van der Waals surface area contributed by atoms with E-state index in [-0.39, 0.29) is 5.91 Å². The maximum absolute atomic E-state index is 12.2. The fraction of sp³-hybridized carbons (Fsp3) is 0.136. The lowest BCUT2D eigenvalue weighted by Crippen LogP contribution is -2.14. The Labute approximate surface area is 153 Å². The van der Waals surface area contributed by atoms with Crippen LogP contribution in [-0.2, 0) is 11.2 Å². The number of nitrogens with one attached hydrogen (secondary N) is 1. The fourth-order valence-electron chi connectivity index (χ4n) is 2.52. The van der Waals surface area contributed by atoms with Crippen molar-refractivity contribution in [3.8, 4) is 17.2 Å². The minimum atomic E-state index is -0.0783. The van der Waals surface area contributed by atoms with Gasteiger partial charge in [-0.05, 0) is 61.0 Å². The van der Waals surface area contributed by atoms with Crippen molar-refractivity contribution < 1.29 is 14.3 Å². The van der Waals surface area contributed by atoms with E-state index in [0.717, 1.165) is 28.5 Å². The molecule has 0 aliphatic rings. The molecule has 0 bridgehead atoms. The van der Waals surface area contributed by atoms with Crippen LogP contribution in [0.4, 0.5) is 5.69 Å². The van der Waals surface area contributed by atoms with E-state index in [1.165, 1.54) is 5.56 Å². The molecule has 3 aromatic rings. The lowest BCUT2D eigenvalue weighted by Gasteiger charge is -2.09. The molecule has 0 saturated carbocycles. The Morgan fingerprint density at radius 3 is 2.19 bits per heavy atom. The lowest BCUT2D eigenvalue weighted by atomic mass is 10.1. The van der Waals surface area contributed by atoms with Gasteiger partial charge in [0.2, 0.25) is 5.91 Å². The number of methoxy groups -OCH3 is 1. The van der Waals surface area contributed by atoms with Gasteiger partial charge in [0.05, 0.1) is 13.5 Å². The molecule has 0 saturated heterocycles. The summed E-state index contributed by atoms with van der Waals surface area (Å²) in [5, 5.41) is 2.89. The van der Waals surface area contributed by atoms with Gasteiger partial charge in [-0.25, -0.2) is 0 Å². The zero-order chi connectivity index (χ0) is 18.4. The molecule has 0 aliphatic carbocycles. The first-order chi connectivity index (χ1) is 12.6. The minimum absolute atomic E-state index is 0.0783. The van der Waals surface area contributed by atoms with Crippen LogP contribution in [0.5, 0.6) is 17.2 Å². The van der Waals surface area contributed by atoms with Crippen LogP contribution in [0.2, 0.25) is 0 Å². The molecule has 4 nitrogen and oxygen atoms in total. The second kappa shape index (κ2) is 8.21. The lowest BCUT2D eigenvalue weighted by molar-refractivity contribution is -0.115. The van der Waals surface area contributed by atoms with Crippen LogP contribution in [0, 0.1) is 6.92 Å². The van der Waals surface area contributed by atoms with Gasteiger partial charge in [0.1, 0.15) is 17.2 Å². The fourth-order valence-corrected chi connectivity index (χ4v) is 2.52. The highest BCUT2D eigenvalue weighted by Gasteiger charge is 2.06. The highest BCUT2D eigenvalue weighted by Crippen LogP contribution is 2.23. The third-order valence-electron chi connectivity index (χ3n) is 3.89. The van der Waals surface area contributed by atoms with Crippen molar-refractivity contribution in [2.75, 3.05) is 12.4 Å². The smallest absolute Gasteiger partial charge is 0.228 e. The van der Waals surface area contributed by atoms with Gasteiger partial charge in [-0.2, -0.15) is 0 Å². The summed E-state index contributed by atoms with van der Waals surface area (Å²) in [5.74, 6) is 2.17. The van der Waals surface area contributed by atoms with E-state index in [1.807, 2.05) is 79.7 Å². The number of hydrogen-bond donors (Lipinski definition) is 1. The van der Waals surface area contributed by atoms with E-state index in [9.17, 15) is 4.79 Å². The van der Waals surface area contributed by atoms with Gasteiger partial charge >= 0.3 is 0 Å². The average molecular weight is 347 g/mol. The Hall–Kier alpha value is -3.27. The number of benzene rings is 3. The summed E-state index contributed by atoms with van der Waals surface area (Å²) in [7, 11) is 1.61. The molecule has 3 aromatic carbocycles. The standard InChI is InChI=1S/C22H21NO3/c1-16-6-10-19(11-7-16)26-20-12-8-18(9-13-20)23-22(24)15-17-4-3-5-21(14-17)25-2/h3-14H,15H2,1-2H3,(H,23,24). The van der Waals surface area contributed by atoms with E-state index in [0.29, 0.717) is 6.42 Å². The Morgan fingerprint density at radius 2 is 1.54 bits per heavy atom. The monoisotopic (exact) mass is 347 g/mol. The molecule has 0 heterocycles. The van der Waals surface area contributed by atoms with Crippen LogP contribution in [0.3, 0.4) is 0 Å². The van der Waals surface area contributed by atoms with E-state index in [2.05, 4.69) is 5.32 Å². The molecule has 0 aliphatic heterocycles. The normalized spacial score (nSPS) is 10.2. The number of ether oxygens (including phenoxy) is 2. The van der Waals surface area contributed by atoms with Crippen LogP contribution in [0.1, 0.15) is 11.1 Å². The molecular weight excluding hydrogens is 326 g/mol. The summed E-state index contributed by atoms with van der Waals surface area (Å²) in [6, 6.07) is 22.7. The summed E-state index contributed by atoms with van der Waals surface area (Å²) in [6.07, 6.45) is 0.290. The topological polar surface area (TPSA) is 47.6 Å². The Balaban J connectivity index is 1.58. The first-order valence-corrected chi connectivity index (χ1v) is 8.40. The zero-order valence-electron chi connectivity index (χ0n) is 14.9. The average Bonchev–Trinajstić information content (AvgIpc) is 2.65. The highest BCUT2D eigenvalue weighted by molar-refractivity contribution is 5.92. The second-order valence-electron chi connectivity index (χ2n) is 6.02. The zero-order valence-corrected chi connectivity index (χ0v) is 14.9. The molecule has 0 spiro atoms. The predicted octanol–water partition coefficient (Wildman–Crippen LogP) is 4.98. The third kappa shape index (κ3) is 4.86. The molecule has 1 amide bonds. The molecule has 26 heavy (non-hydrogen) atoms. The molecular formula is C22H21NO3. The Morgan fingerprint density at radius 1 is 0.885 bits per heavy atom. The van der Waals surface area contributed by atoms with E-state index >= 15 is 0 Å². The van der Waals surface area contributed by atoms with Crippen LogP contribution in [0.15, 0.2) is 72.8 Å². The molecule has 4 heteroatoms. The summed E-state index contributed by atoms with van der Waals surface area (Å²) in [5.41, 5.74) is 2.82. The van der Waals surface area contributed by atoms with Crippen LogP contribution >= 0.6 is 0 Å². The number of aryl methyl sites for hydroxylation is 1. The molecule has 0 radical (unpaired) electrons. The third-order valence-corrected chi connectivity index (χ3v) is 3.89. The number of hydrogen-bond acceptors (Lipinski definition) is 3. The molecule has 0 atom stereocenters. The van der Waals surface area contributed by atoms with Gasteiger partial charge < -0.3 is 14.8 Å². The Kier molecular flexibility index (Phi) is 5.54. The summed E-state index contributed by atoms with van der Waals surface area (Å²) >= 11 is 0. The van der Waals surface area contributed by atoms with Crippen molar-refractivity contribution >= 4 is 11.6 Å². The first kappa shape index (κ1) is 17.5. The number of carbonyl (C=O) groups is 1. The first-order valence-electron chi connectivity index (χ1n) is 8.40. The number of amides is 1. The van der Waals surface area contributed by atoms with Crippen molar-refractivity contribution in [2.45, 2.75) is 13.3 Å². The second-order valence-corrected chi connectivity index (χ2v) is 6.02. The van der Waals surface area contributed by atoms with Gasteiger partial charge in [-0.1, -0.05) is 29.8 Å². The van der Waals surface area contributed by atoms with Gasteiger partial charge in [0, 0.05) is 5.69 Å². The Bertz CT molecular complexity index is 871. The van der Waals surface area contributed by atoms with Crippen molar-refractivity contribution in [3.05, 3.63) is 83.9 Å². The van der Waals surface area contributed by atoms with Gasteiger partial charge in [0.15, 0.2) is 0 Å². The van der Waals surface area contributed by atoms with Crippen LogP contribution < -0.4 is 14.8 Å².